The molecule has 8 aromatic rings. The van der Waals surface area contributed by atoms with E-state index in [2.05, 4.69) is 121 Å². The molecule has 46 heavy (non-hydrogen) atoms. The average Bonchev–Trinajstić information content (AvgIpc) is 3.50. The quantitative estimate of drug-likeness (QED) is 0.208. The minimum Gasteiger partial charge on any atom is -0.456 e. The largest absolute Gasteiger partial charge is 0.456 e. The molecular formula is C43H28N2O. The van der Waals surface area contributed by atoms with Crippen LogP contribution in [0, 0.1) is 0 Å². The number of anilines is 2. The first-order valence-electron chi connectivity index (χ1n) is 15.6. The summed E-state index contributed by atoms with van der Waals surface area (Å²) in [6.07, 6.45) is 2.01. The van der Waals surface area contributed by atoms with E-state index >= 15 is 0 Å². The van der Waals surface area contributed by atoms with Gasteiger partial charge in [0.2, 0.25) is 0 Å². The number of benzene rings is 7. The van der Waals surface area contributed by atoms with E-state index in [9.17, 15) is 0 Å². The van der Waals surface area contributed by atoms with E-state index in [0.717, 1.165) is 44.6 Å². The predicted molar refractivity (Wildman–Crippen MR) is 192 cm³/mol. The van der Waals surface area contributed by atoms with Gasteiger partial charge in [-0.15, -0.1) is 0 Å². The highest BCUT2D eigenvalue weighted by Gasteiger charge is 2.23. The Morgan fingerprint density at radius 3 is 1.72 bits per heavy atom. The first-order valence-corrected chi connectivity index (χ1v) is 15.6. The third-order valence-corrected chi connectivity index (χ3v) is 8.94. The predicted octanol–water partition coefficient (Wildman–Crippen LogP) is 12.1. The van der Waals surface area contributed by atoms with Crippen molar-refractivity contribution >= 4 is 45.2 Å². The van der Waals surface area contributed by atoms with Gasteiger partial charge in [0.25, 0.3) is 0 Å². The third-order valence-electron chi connectivity index (χ3n) is 8.94. The Bertz CT molecular complexity index is 2460. The Hall–Kier alpha value is -6.19. The number of furan rings is 1. The van der Waals surface area contributed by atoms with Crippen LogP contribution in [0.5, 0.6) is 0 Å². The van der Waals surface area contributed by atoms with E-state index in [0.29, 0.717) is 0 Å². The van der Waals surface area contributed by atoms with E-state index in [1.54, 1.807) is 0 Å². The lowest BCUT2D eigenvalue weighted by atomic mass is 9.79. The molecule has 0 spiro atoms. The van der Waals surface area contributed by atoms with E-state index in [1.807, 2.05) is 48.7 Å². The van der Waals surface area contributed by atoms with Crippen molar-refractivity contribution in [2.24, 2.45) is 4.99 Å². The molecule has 0 atom stereocenters. The molecule has 0 aliphatic heterocycles. The molecule has 0 amide bonds. The molecule has 3 heteroatoms. The van der Waals surface area contributed by atoms with Crippen LogP contribution in [0.4, 0.5) is 17.1 Å². The molecule has 216 valence electrons. The zero-order chi connectivity index (χ0) is 30.5. The first kappa shape index (κ1) is 26.2. The molecule has 0 bridgehead atoms. The number of hydrogen-bond acceptors (Lipinski definition) is 3. The van der Waals surface area contributed by atoms with Crippen LogP contribution in [-0.4, -0.2) is 6.21 Å². The van der Waals surface area contributed by atoms with Gasteiger partial charge in [0.15, 0.2) is 0 Å². The molecule has 1 heterocycles. The highest BCUT2D eigenvalue weighted by Crippen LogP contribution is 2.48. The lowest BCUT2D eigenvalue weighted by molar-refractivity contribution is 0.669. The van der Waals surface area contributed by atoms with Crippen LogP contribution in [0.1, 0.15) is 5.56 Å². The molecule has 9 rings (SSSR count). The minimum atomic E-state index is 0.856. The zero-order valence-corrected chi connectivity index (χ0v) is 24.9. The minimum absolute atomic E-state index is 0.856. The Morgan fingerprint density at radius 2 is 0.957 bits per heavy atom. The van der Waals surface area contributed by atoms with Crippen molar-refractivity contribution in [1.82, 2.24) is 0 Å². The highest BCUT2D eigenvalue weighted by atomic mass is 16.3. The number of nitrogens with one attached hydrogen (secondary N) is 1. The van der Waals surface area contributed by atoms with E-state index in [4.69, 9.17) is 9.41 Å². The Kier molecular flexibility index (Phi) is 6.14. The summed E-state index contributed by atoms with van der Waals surface area (Å²) in [5.41, 5.74) is 15.3. The van der Waals surface area contributed by atoms with Gasteiger partial charge >= 0.3 is 0 Å². The maximum Gasteiger partial charge on any atom is 0.137 e. The van der Waals surface area contributed by atoms with Gasteiger partial charge in [-0.2, -0.15) is 0 Å². The lowest BCUT2D eigenvalue weighted by Gasteiger charge is -2.24. The van der Waals surface area contributed by atoms with Crippen molar-refractivity contribution in [3.8, 4) is 44.5 Å². The molecule has 1 N–H and O–H groups in total. The van der Waals surface area contributed by atoms with Gasteiger partial charge in [0.1, 0.15) is 11.2 Å². The maximum absolute atomic E-state index is 6.14. The van der Waals surface area contributed by atoms with Crippen molar-refractivity contribution in [2.45, 2.75) is 0 Å². The highest BCUT2D eigenvalue weighted by molar-refractivity contribution is 6.12. The molecule has 0 saturated carbocycles. The van der Waals surface area contributed by atoms with Crippen LogP contribution in [-0.2, 0) is 0 Å². The molecule has 1 aliphatic rings. The Balaban J connectivity index is 1.19. The topological polar surface area (TPSA) is 37.5 Å². The van der Waals surface area contributed by atoms with Crippen molar-refractivity contribution in [3.05, 3.63) is 163 Å². The average molecular weight is 589 g/mol. The fourth-order valence-electron chi connectivity index (χ4n) is 6.90. The molecule has 0 radical (unpaired) electrons. The van der Waals surface area contributed by atoms with Crippen LogP contribution in [0.2, 0.25) is 0 Å². The molecule has 0 saturated heterocycles. The van der Waals surface area contributed by atoms with Gasteiger partial charge in [-0.05, 0) is 74.8 Å². The second kappa shape index (κ2) is 10.8. The van der Waals surface area contributed by atoms with Gasteiger partial charge in [0, 0.05) is 17.2 Å². The van der Waals surface area contributed by atoms with Crippen molar-refractivity contribution in [3.63, 3.8) is 0 Å². The summed E-state index contributed by atoms with van der Waals surface area (Å²) >= 11 is 0. The van der Waals surface area contributed by atoms with E-state index in [-0.39, 0.29) is 0 Å². The molecule has 1 aliphatic carbocycles. The van der Waals surface area contributed by atoms with Gasteiger partial charge in [0.05, 0.1) is 22.4 Å². The number of hydrogen-bond donors (Lipinski definition) is 1. The molecule has 0 fully saturated rings. The van der Waals surface area contributed by atoms with Crippen LogP contribution >= 0.6 is 0 Å². The monoisotopic (exact) mass is 588 g/mol. The summed E-state index contributed by atoms with van der Waals surface area (Å²) in [6, 6.07) is 55.2. The van der Waals surface area contributed by atoms with E-state index in [1.165, 1.54) is 44.5 Å². The number of rotatable bonds is 4. The standard InChI is InChI=1S/C43H28N2O/c1-2-15-30-29(14-1)31-16-3-4-17-33(31)35-21-11-13-28(42(35)34-19-6-5-18-32(30)34)27-44-37-22-8-9-23-38(37)45-39-24-12-26-41-43(39)36-20-7-10-25-40(36)46-41/h1-27,45H. The molecule has 0 unspecified atom stereocenters. The maximum atomic E-state index is 6.14. The fraction of sp³-hybridized carbons (Fsp3) is 0. The number of nitrogens with zero attached hydrogens (tertiary/aromatic N) is 1. The Labute approximate surface area is 267 Å². The summed E-state index contributed by atoms with van der Waals surface area (Å²) in [5, 5.41) is 5.83. The molecule has 3 nitrogen and oxygen atoms in total. The molecular weight excluding hydrogens is 560 g/mol. The number of fused-ring (bicyclic) bond motifs is 11. The van der Waals surface area contributed by atoms with Crippen molar-refractivity contribution < 1.29 is 4.42 Å². The number of aliphatic imine (C=N–C) groups is 1. The second-order valence-corrected chi connectivity index (χ2v) is 11.6. The normalized spacial score (nSPS) is 11.8. The van der Waals surface area contributed by atoms with Crippen LogP contribution in [0.3, 0.4) is 0 Å². The first-order chi connectivity index (χ1) is 22.8. The smallest absolute Gasteiger partial charge is 0.137 e. The van der Waals surface area contributed by atoms with E-state index < -0.39 is 0 Å². The van der Waals surface area contributed by atoms with Crippen LogP contribution in [0.25, 0.3) is 66.4 Å². The lowest BCUT2D eigenvalue weighted by Crippen LogP contribution is -2.00. The second-order valence-electron chi connectivity index (χ2n) is 11.6. The summed E-state index contributed by atoms with van der Waals surface area (Å²) in [6.45, 7) is 0. The summed E-state index contributed by atoms with van der Waals surface area (Å²) in [5.74, 6) is 0. The summed E-state index contributed by atoms with van der Waals surface area (Å²) in [4.78, 5) is 5.13. The Morgan fingerprint density at radius 1 is 0.435 bits per heavy atom. The van der Waals surface area contributed by atoms with Gasteiger partial charge in [-0.1, -0.05) is 127 Å². The van der Waals surface area contributed by atoms with Gasteiger partial charge < -0.3 is 9.73 Å². The van der Waals surface area contributed by atoms with Crippen LogP contribution < -0.4 is 5.32 Å². The number of para-hydroxylation sites is 3. The van der Waals surface area contributed by atoms with Gasteiger partial charge in [-0.3, -0.25) is 4.99 Å². The van der Waals surface area contributed by atoms with Crippen molar-refractivity contribution in [2.75, 3.05) is 5.32 Å². The fourth-order valence-corrected chi connectivity index (χ4v) is 6.90. The van der Waals surface area contributed by atoms with Crippen LogP contribution in [0.15, 0.2) is 167 Å². The third kappa shape index (κ3) is 4.25. The van der Waals surface area contributed by atoms with Gasteiger partial charge in [-0.25, -0.2) is 0 Å². The SMILES string of the molecule is C(=Nc1ccccc1Nc1cccc2oc3ccccc3c12)c1cccc2c1-c1ccccc1-c1ccccc1-c1ccccc1-2. The van der Waals surface area contributed by atoms with Crippen molar-refractivity contribution in [1.29, 1.82) is 0 Å². The molecule has 1 aromatic heterocycles. The zero-order valence-electron chi connectivity index (χ0n) is 24.9. The summed E-state index contributed by atoms with van der Waals surface area (Å²) in [7, 11) is 0. The summed E-state index contributed by atoms with van der Waals surface area (Å²) < 4.78 is 6.14. The molecule has 7 aromatic carbocycles.